The number of allylic oxidation sites excluding steroid dienone is 4. The monoisotopic (exact) mass is 925 g/mol. The Morgan fingerprint density at radius 1 is 0.530 bits per heavy atom. The van der Waals surface area contributed by atoms with Crippen molar-refractivity contribution in [3.05, 3.63) is 54.1 Å². The predicted molar refractivity (Wildman–Crippen MR) is 277 cm³/mol. The number of nitrogens with two attached hydrogens (primary N) is 1. The van der Waals surface area contributed by atoms with Crippen LogP contribution in [0.4, 0.5) is 0 Å². The molecule has 4 N–H and O–H groups in total. The van der Waals surface area contributed by atoms with Crippen LogP contribution in [0.2, 0.25) is 0 Å². The van der Waals surface area contributed by atoms with Gasteiger partial charge in [-0.2, -0.15) is 0 Å². The van der Waals surface area contributed by atoms with Gasteiger partial charge in [0.25, 0.3) is 5.91 Å². The van der Waals surface area contributed by atoms with E-state index in [1.807, 2.05) is 4.90 Å². The Morgan fingerprint density at radius 3 is 1.33 bits per heavy atom. The van der Waals surface area contributed by atoms with Gasteiger partial charge in [-0.25, -0.2) is 0 Å². The fourth-order valence-electron chi connectivity index (χ4n) is 7.93. The number of benzene rings is 1. The average Bonchev–Trinajstić information content (AvgIpc) is 3.33. The maximum atomic E-state index is 13.5. The summed E-state index contributed by atoms with van der Waals surface area (Å²) in [4.78, 5) is 40.5. The molecule has 1 aromatic carbocycles. The molecule has 0 saturated heterocycles. The minimum Gasteiger partial charge on any atom is -0.497 e. The van der Waals surface area contributed by atoms with Crippen molar-refractivity contribution in [3.8, 4) is 5.75 Å². The van der Waals surface area contributed by atoms with Gasteiger partial charge in [-0.1, -0.05) is 154 Å². The van der Waals surface area contributed by atoms with E-state index in [1.165, 1.54) is 167 Å². The number of amides is 3. The van der Waals surface area contributed by atoms with Crippen LogP contribution in [0.3, 0.4) is 0 Å². The van der Waals surface area contributed by atoms with Crippen molar-refractivity contribution in [2.24, 2.45) is 5.73 Å². The maximum Gasteiger partial charge on any atom is 0.251 e. The van der Waals surface area contributed by atoms with Crippen molar-refractivity contribution >= 4 is 17.7 Å². The minimum absolute atomic E-state index is 0.0866. The lowest BCUT2D eigenvalue weighted by molar-refractivity contribution is -0.134. The van der Waals surface area contributed by atoms with Gasteiger partial charge < -0.3 is 35.5 Å². The first-order valence-electron chi connectivity index (χ1n) is 27.1. The second-order valence-electron chi connectivity index (χ2n) is 18.3. The first kappa shape index (κ1) is 60.8. The number of rotatable bonds is 48. The molecule has 1 aromatic rings. The smallest absolute Gasteiger partial charge is 0.251 e. The fourth-order valence-corrected chi connectivity index (χ4v) is 7.93. The number of carbonyl (C=O) groups is 3. The highest BCUT2D eigenvalue weighted by Crippen LogP contribution is 2.14. The Labute approximate surface area is 404 Å². The van der Waals surface area contributed by atoms with Gasteiger partial charge >= 0.3 is 0 Å². The SMILES string of the molecule is CCCCCCCC/C=C\CCCCCCCCOCCCN(CCCOCCCCCCCC/C=C\CCCCCCCC)C(=O)C[C@@H](N)C(=O)NCCNC(=O)c1ccc(OC)cc1. The molecule has 0 aliphatic rings. The van der Waals surface area contributed by atoms with E-state index in [-0.39, 0.29) is 31.3 Å². The molecule has 0 saturated carbocycles. The molecule has 1 rings (SSSR count). The zero-order valence-electron chi connectivity index (χ0n) is 42.7. The number of ether oxygens (including phenoxy) is 3. The zero-order valence-corrected chi connectivity index (χ0v) is 42.7. The van der Waals surface area contributed by atoms with Crippen LogP contribution in [0.15, 0.2) is 48.6 Å². The number of methoxy groups -OCH3 is 1. The van der Waals surface area contributed by atoms with Crippen LogP contribution < -0.4 is 21.1 Å². The van der Waals surface area contributed by atoms with Crippen molar-refractivity contribution in [2.45, 2.75) is 219 Å². The van der Waals surface area contributed by atoms with Crippen LogP contribution in [0.1, 0.15) is 223 Å². The van der Waals surface area contributed by atoms with E-state index >= 15 is 0 Å². The highest BCUT2D eigenvalue weighted by molar-refractivity contribution is 5.94. The molecule has 0 aliphatic carbocycles. The molecule has 0 bridgehead atoms. The van der Waals surface area contributed by atoms with Crippen molar-refractivity contribution in [1.29, 1.82) is 0 Å². The Morgan fingerprint density at radius 2 is 0.909 bits per heavy atom. The molecule has 0 unspecified atom stereocenters. The van der Waals surface area contributed by atoms with Gasteiger partial charge in [-0.3, -0.25) is 14.4 Å². The Hall–Kier alpha value is -3.21. The van der Waals surface area contributed by atoms with Gasteiger partial charge in [-0.15, -0.1) is 0 Å². The normalized spacial score (nSPS) is 12.0. The van der Waals surface area contributed by atoms with E-state index in [0.717, 1.165) is 38.9 Å². The molecule has 1 atom stereocenters. The van der Waals surface area contributed by atoms with E-state index in [2.05, 4.69) is 48.8 Å². The molecule has 66 heavy (non-hydrogen) atoms. The van der Waals surface area contributed by atoms with Gasteiger partial charge in [0.2, 0.25) is 11.8 Å². The molecule has 0 spiro atoms. The number of unbranched alkanes of at least 4 members (excludes halogenated alkanes) is 24. The molecule has 0 heterocycles. The molecule has 3 amide bonds. The summed E-state index contributed by atoms with van der Waals surface area (Å²) >= 11 is 0. The molecule has 0 aliphatic heterocycles. The summed E-state index contributed by atoms with van der Waals surface area (Å²) in [6.07, 6.45) is 46.8. The number of hydrogen-bond donors (Lipinski definition) is 3. The van der Waals surface area contributed by atoms with Crippen molar-refractivity contribution < 1.29 is 28.6 Å². The van der Waals surface area contributed by atoms with Gasteiger partial charge in [0.05, 0.1) is 19.6 Å². The van der Waals surface area contributed by atoms with E-state index < -0.39 is 11.9 Å². The number of nitrogens with zero attached hydrogens (tertiary/aromatic N) is 1. The third kappa shape index (κ3) is 37.8. The standard InChI is InChI=1S/C56H100N4O6/c1-4-6-8-10-12-14-16-18-20-22-24-26-28-30-32-34-46-65-48-36-44-60(45-37-49-66-47-35-33-31-29-27-25-23-21-19-17-15-13-11-9-7-5-2)54(61)50-53(57)56(63)59-43-42-58-55(62)51-38-40-52(64-3)41-39-51/h18-21,38-41,53H,4-17,22-37,42-50,57H2,1-3H3,(H,58,62)(H,59,63)/b20-18-,21-19-/t53-/m1/s1. The van der Waals surface area contributed by atoms with Gasteiger partial charge in [0.1, 0.15) is 5.75 Å². The Bertz CT molecular complexity index is 1270. The summed E-state index contributed by atoms with van der Waals surface area (Å²) in [6.45, 7) is 8.75. The molecule has 380 valence electrons. The summed E-state index contributed by atoms with van der Waals surface area (Å²) in [7, 11) is 1.57. The van der Waals surface area contributed by atoms with Crippen LogP contribution in [0.25, 0.3) is 0 Å². The highest BCUT2D eigenvalue weighted by Gasteiger charge is 2.21. The van der Waals surface area contributed by atoms with Crippen LogP contribution in [0, 0.1) is 0 Å². The molecular formula is C56H100N4O6. The highest BCUT2D eigenvalue weighted by atomic mass is 16.5. The van der Waals surface area contributed by atoms with E-state index in [1.54, 1.807) is 31.4 Å². The van der Waals surface area contributed by atoms with E-state index in [0.29, 0.717) is 37.6 Å². The van der Waals surface area contributed by atoms with Gasteiger partial charge in [0, 0.05) is 58.2 Å². The predicted octanol–water partition coefficient (Wildman–Crippen LogP) is 13.0. The topological polar surface area (TPSA) is 132 Å². The molecule has 0 radical (unpaired) electrons. The molecule has 0 aromatic heterocycles. The Kier molecular flexibility index (Phi) is 43.2. The van der Waals surface area contributed by atoms with Crippen LogP contribution in [-0.2, 0) is 19.1 Å². The average molecular weight is 925 g/mol. The number of hydrogen-bond acceptors (Lipinski definition) is 7. The maximum absolute atomic E-state index is 13.5. The van der Waals surface area contributed by atoms with Gasteiger partial charge in [-0.05, 0) is 101 Å². The third-order valence-electron chi connectivity index (χ3n) is 12.2. The summed E-state index contributed by atoms with van der Waals surface area (Å²) in [5.41, 5.74) is 6.71. The van der Waals surface area contributed by atoms with E-state index in [4.69, 9.17) is 19.9 Å². The second kappa shape index (κ2) is 46.9. The van der Waals surface area contributed by atoms with Crippen molar-refractivity contribution in [3.63, 3.8) is 0 Å². The number of nitrogens with one attached hydrogen (secondary N) is 2. The molecule has 0 fully saturated rings. The Balaban J connectivity index is 2.31. The molecule has 10 heteroatoms. The quantitative estimate of drug-likeness (QED) is 0.0438. The minimum atomic E-state index is -0.984. The van der Waals surface area contributed by atoms with Crippen molar-refractivity contribution in [1.82, 2.24) is 15.5 Å². The lowest BCUT2D eigenvalue weighted by Crippen LogP contribution is -2.46. The molecular weight excluding hydrogens is 825 g/mol. The van der Waals surface area contributed by atoms with Gasteiger partial charge in [0.15, 0.2) is 0 Å². The first-order chi connectivity index (χ1) is 32.4. The largest absolute Gasteiger partial charge is 0.497 e. The lowest BCUT2D eigenvalue weighted by atomic mass is 10.1. The summed E-state index contributed by atoms with van der Waals surface area (Å²) in [6, 6.07) is 5.82. The summed E-state index contributed by atoms with van der Waals surface area (Å²) in [5, 5.41) is 5.54. The molecule has 10 nitrogen and oxygen atoms in total. The van der Waals surface area contributed by atoms with Crippen molar-refractivity contribution in [2.75, 3.05) is 59.7 Å². The third-order valence-corrected chi connectivity index (χ3v) is 12.2. The summed E-state index contributed by atoms with van der Waals surface area (Å²) in [5.74, 6) is -0.144. The summed E-state index contributed by atoms with van der Waals surface area (Å²) < 4.78 is 17.1. The van der Waals surface area contributed by atoms with Crippen LogP contribution >= 0.6 is 0 Å². The first-order valence-corrected chi connectivity index (χ1v) is 27.1. The van der Waals surface area contributed by atoms with Crippen LogP contribution in [0.5, 0.6) is 5.75 Å². The lowest BCUT2D eigenvalue weighted by Gasteiger charge is -2.24. The van der Waals surface area contributed by atoms with E-state index in [9.17, 15) is 14.4 Å². The second-order valence-corrected chi connectivity index (χ2v) is 18.3. The zero-order chi connectivity index (χ0) is 47.8. The number of carbonyl (C=O) groups excluding carboxylic acids is 3. The fraction of sp³-hybridized carbons (Fsp3) is 0.768. The van der Waals surface area contributed by atoms with Crippen LogP contribution in [-0.4, -0.2) is 88.4 Å².